The summed E-state index contributed by atoms with van der Waals surface area (Å²) >= 11 is 0. The Kier molecular flexibility index (Phi) is 6.79. The predicted molar refractivity (Wildman–Crippen MR) is 116 cm³/mol. The van der Waals surface area contributed by atoms with E-state index in [9.17, 15) is 30.5 Å². The van der Waals surface area contributed by atoms with Crippen molar-refractivity contribution in [2.45, 2.75) is 30.6 Å². The summed E-state index contributed by atoms with van der Waals surface area (Å²) in [4.78, 5) is 15.5. The fourth-order valence-corrected chi connectivity index (χ4v) is 3.54. The number of oxime groups is 1. The van der Waals surface area contributed by atoms with Crippen molar-refractivity contribution in [1.29, 1.82) is 0 Å². The Balaban J connectivity index is 1.54. The maximum absolute atomic E-state index is 10.9. The SMILES string of the molecule is O=[N+]([O-])c1ccc(O)c(/C=N/O[C@@H]2O[C@H](CO)[C@H](O)[C@H](n3cc(-c4ccccc4)nn3)[C@H]2O)c1. The van der Waals surface area contributed by atoms with Crippen LogP contribution in [-0.4, -0.2) is 77.8 Å². The highest BCUT2D eigenvalue weighted by molar-refractivity contribution is 5.84. The second-order valence-corrected chi connectivity index (χ2v) is 7.49. The fourth-order valence-electron chi connectivity index (χ4n) is 3.54. The van der Waals surface area contributed by atoms with Crippen molar-refractivity contribution in [2.75, 3.05) is 6.61 Å². The number of phenolic OH excluding ortho intramolecular Hbond substituents is 1. The van der Waals surface area contributed by atoms with E-state index < -0.39 is 42.2 Å². The zero-order valence-corrected chi connectivity index (χ0v) is 17.5. The van der Waals surface area contributed by atoms with Crippen LogP contribution in [0, 0.1) is 10.1 Å². The average Bonchev–Trinajstić information content (AvgIpc) is 3.32. The first-order valence-electron chi connectivity index (χ1n) is 10.2. The molecule has 13 heteroatoms. The Labute approximate surface area is 192 Å². The molecule has 2 aromatic carbocycles. The summed E-state index contributed by atoms with van der Waals surface area (Å²) in [7, 11) is 0. The predicted octanol–water partition coefficient (Wildman–Crippen LogP) is 0.590. The summed E-state index contributed by atoms with van der Waals surface area (Å²) in [5, 5.41) is 63.6. The summed E-state index contributed by atoms with van der Waals surface area (Å²) in [6.45, 7) is -0.583. The molecule has 2 heterocycles. The van der Waals surface area contributed by atoms with Crippen LogP contribution in [0.15, 0.2) is 59.9 Å². The number of aliphatic hydroxyl groups is 3. The number of aliphatic hydroxyl groups excluding tert-OH is 3. The van der Waals surface area contributed by atoms with Gasteiger partial charge in [0.15, 0.2) is 0 Å². The van der Waals surface area contributed by atoms with E-state index in [4.69, 9.17) is 9.57 Å². The van der Waals surface area contributed by atoms with Crippen LogP contribution < -0.4 is 0 Å². The van der Waals surface area contributed by atoms with Crippen LogP contribution in [0.4, 0.5) is 5.69 Å². The van der Waals surface area contributed by atoms with Crippen LogP contribution in [0.5, 0.6) is 5.75 Å². The first-order valence-corrected chi connectivity index (χ1v) is 10.2. The molecule has 1 aromatic heterocycles. The molecule has 0 amide bonds. The van der Waals surface area contributed by atoms with E-state index >= 15 is 0 Å². The van der Waals surface area contributed by atoms with Gasteiger partial charge in [-0.15, -0.1) is 5.10 Å². The number of nitro benzene ring substituents is 1. The normalized spacial score (nSPS) is 24.9. The molecule has 1 aliphatic rings. The summed E-state index contributed by atoms with van der Waals surface area (Å²) in [6.07, 6.45) is -2.87. The Bertz CT molecular complexity index is 1170. The molecule has 0 bridgehead atoms. The van der Waals surface area contributed by atoms with Crippen molar-refractivity contribution in [3.63, 3.8) is 0 Å². The van der Waals surface area contributed by atoms with Crippen molar-refractivity contribution in [3.05, 3.63) is 70.4 Å². The molecule has 3 aromatic rings. The number of nitrogens with zero attached hydrogens (tertiary/aromatic N) is 5. The summed E-state index contributed by atoms with van der Waals surface area (Å²) in [5.74, 6) is -0.277. The van der Waals surface area contributed by atoms with Gasteiger partial charge < -0.3 is 30.0 Å². The first kappa shape index (κ1) is 23.3. The van der Waals surface area contributed by atoms with Crippen molar-refractivity contribution in [2.24, 2.45) is 5.16 Å². The third kappa shape index (κ3) is 4.72. The number of nitro groups is 1. The van der Waals surface area contributed by atoms with Crippen molar-refractivity contribution < 1.29 is 34.9 Å². The lowest BCUT2D eigenvalue weighted by molar-refractivity contribution is -0.384. The van der Waals surface area contributed by atoms with Gasteiger partial charge in [-0.2, -0.15) is 0 Å². The minimum Gasteiger partial charge on any atom is -0.507 e. The number of hydrogen-bond acceptors (Lipinski definition) is 11. The molecular weight excluding hydrogens is 450 g/mol. The molecule has 4 rings (SSSR count). The van der Waals surface area contributed by atoms with Crippen molar-refractivity contribution in [1.82, 2.24) is 15.0 Å². The lowest BCUT2D eigenvalue weighted by Gasteiger charge is -2.40. The lowest BCUT2D eigenvalue weighted by Crippen LogP contribution is -2.56. The fraction of sp³-hybridized carbons (Fsp3) is 0.286. The van der Waals surface area contributed by atoms with Crippen molar-refractivity contribution in [3.8, 4) is 17.0 Å². The Morgan fingerprint density at radius 3 is 2.68 bits per heavy atom. The average molecular weight is 471 g/mol. The molecule has 1 aliphatic heterocycles. The monoisotopic (exact) mass is 471 g/mol. The number of hydrogen-bond donors (Lipinski definition) is 4. The van der Waals surface area contributed by atoms with Crippen LogP contribution in [0.1, 0.15) is 11.6 Å². The van der Waals surface area contributed by atoms with Crippen LogP contribution >= 0.6 is 0 Å². The molecule has 0 spiro atoms. The summed E-state index contributed by atoms with van der Waals surface area (Å²) < 4.78 is 6.67. The molecule has 5 atom stereocenters. The molecule has 1 fully saturated rings. The Morgan fingerprint density at radius 1 is 1.21 bits per heavy atom. The van der Waals surface area contributed by atoms with Gasteiger partial charge in [-0.3, -0.25) is 10.1 Å². The third-order valence-corrected chi connectivity index (χ3v) is 5.31. The standard InChI is InChI=1S/C21H21N5O8/c27-11-17-19(29)18(25-10-15(23-24-25)12-4-2-1-3-5-12)20(30)21(33-17)34-22-9-13-8-14(26(31)32)6-7-16(13)28/h1-10,17-21,27-30H,11H2/b22-9+/t17-,18+,19+,20-,21+/m1/s1. The van der Waals surface area contributed by atoms with E-state index in [0.29, 0.717) is 5.69 Å². The highest BCUT2D eigenvalue weighted by Crippen LogP contribution is 2.31. The van der Waals surface area contributed by atoms with E-state index in [-0.39, 0.29) is 17.0 Å². The molecule has 4 N–H and O–H groups in total. The third-order valence-electron chi connectivity index (χ3n) is 5.31. The van der Waals surface area contributed by atoms with E-state index in [1.54, 1.807) is 0 Å². The molecule has 178 valence electrons. The zero-order valence-electron chi connectivity index (χ0n) is 17.5. The Morgan fingerprint density at radius 2 is 1.97 bits per heavy atom. The number of ether oxygens (including phenoxy) is 1. The molecule has 0 unspecified atom stereocenters. The highest BCUT2D eigenvalue weighted by atomic mass is 16.8. The topological polar surface area (TPSA) is 186 Å². The minimum absolute atomic E-state index is 0.00132. The van der Waals surface area contributed by atoms with Gasteiger partial charge in [0.25, 0.3) is 12.0 Å². The van der Waals surface area contributed by atoms with Gasteiger partial charge in [0, 0.05) is 23.3 Å². The van der Waals surface area contributed by atoms with Gasteiger partial charge in [-0.1, -0.05) is 40.7 Å². The van der Waals surface area contributed by atoms with Gasteiger partial charge in [-0.25, -0.2) is 4.68 Å². The van der Waals surface area contributed by atoms with Gasteiger partial charge in [0.05, 0.1) is 23.9 Å². The number of aromatic nitrogens is 3. The second kappa shape index (κ2) is 9.93. The summed E-state index contributed by atoms with van der Waals surface area (Å²) in [5.41, 5.74) is 1.01. The number of non-ortho nitro benzene ring substituents is 1. The van der Waals surface area contributed by atoms with E-state index in [0.717, 1.165) is 30.0 Å². The zero-order chi connectivity index (χ0) is 24.2. The molecule has 0 aliphatic carbocycles. The number of phenols is 1. The van der Waals surface area contributed by atoms with Crippen LogP contribution in [0.25, 0.3) is 11.3 Å². The summed E-state index contributed by atoms with van der Waals surface area (Å²) in [6, 6.07) is 11.4. The number of benzene rings is 2. The van der Waals surface area contributed by atoms with Crippen molar-refractivity contribution >= 4 is 11.9 Å². The lowest BCUT2D eigenvalue weighted by atomic mass is 9.96. The van der Waals surface area contributed by atoms with Crippen LogP contribution in [0.2, 0.25) is 0 Å². The maximum Gasteiger partial charge on any atom is 0.270 e. The molecule has 13 nitrogen and oxygen atoms in total. The maximum atomic E-state index is 10.9. The van der Waals surface area contributed by atoms with E-state index in [1.807, 2.05) is 30.3 Å². The molecule has 34 heavy (non-hydrogen) atoms. The van der Waals surface area contributed by atoms with E-state index in [2.05, 4.69) is 15.5 Å². The molecular formula is C21H21N5O8. The number of rotatable bonds is 7. The van der Waals surface area contributed by atoms with E-state index in [1.165, 1.54) is 10.9 Å². The van der Waals surface area contributed by atoms with Gasteiger partial charge in [0.2, 0.25) is 0 Å². The van der Waals surface area contributed by atoms with Crippen LogP contribution in [-0.2, 0) is 9.57 Å². The highest BCUT2D eigenvalue weighted by Gasteiger charge is 2.47. The second-order valence-electron chi connectivity index (χ2n) is 7.49. The largest absolute Gasteiger partial charge is 0.507 e. The molecule has 1 saturated heterocycles. The minimum atomic E-state index is -1.49. The number of aromatic hydroxyl groups is 1. The van der Waals surface area contributed by atoms with Gasteiger partial charge in [0.1, 0.15) is 35.8 Å². The van der Waals surface area contributed by atoms with Crippen LogP contribution in [0.3, 0.4) is 0 Å². The first-order chi connectivity index (χ1) is 16.4. The van der Waals surface area contributed by atoms with Gasteiger partial charge in [-0.05, 0) is 6.07 Å². The smallest absolute Gasteiger partial charge is 0.270 e. The quantitative estimate of drug-likeness (QED) is 0.216. The molecule has 0 radical (unpaired) electrons. The Hall–Kier alpha value is -3.91. The molecule has 0 saturated carbocycles. The van der Waals surface area contributed by atoms with Gasteiger partial charge >= 0.3 is 0 Å².